The number of rotatable bonds is 1. The number of azide groups is 1. The van der Waals surface area contributed by atoms with Crippen LogP contribution in [0.5, 0.6) is 0 Å². The van der Waals surface area contributed by atoms with Crippen molar-refractivity contribution in [1.82, 2.24) is 4.90 Å². The van der Waals surface area contributed by atoms with Gasteiger partial charge >= 0.3 is 6.09 Å². The Morgan fingerprint density at radius 2 is 2.00 bits per heavy atom. The molecule has 1 saturated carbocycles. The van der Waals surface area contributed by atoms with Crippen molar-refractivity contribution in [1.29, 1.82) is 0 Å². The topological polar surface area (TPSA) is 78.3 Å². The summed E-state index contributed by atoms with van der Waals surface area (Å²) in [5.41, 5.74) is 8.00. The lowest BCUT2D eigenvalue weighted by atomic mass is 9.79. The van der Waals surface area contributed by atoms with E-state index in [-0.39, 0.29) is 17.7 Å². The number of hydrogen-bond donors (Lipinski definition) is 0. The Kier molecular flexibility index (Phi) is 4.14. The van der Waals surface area contributed by atoms with Gasteiger partial charge in [-0.05, 0) is 45.6 Å². The van der Waals surface area contributed by atoms with Gasteiger partial charge < -0.3 is 9.64 Å². The molecule has 1 atom stereocenters. The molecule has 1 unspecified atom stereocenters. The third-order valence-corrected chi connectivity index (χ3v) is 4.19. The molecule has 20 heavy (non-hydrogen) atoms. The first-order valence-corrected chi connectivity index (χ1v) is 7.41. The molecule has 1 heterocycles. The van der Waals surface area contributed by atoms with E-state index in [2.05, 4.69) is 10.0 Å². The molecule has 6 nitrogen and oxygen atoms in total. The van der Waals surface area contributed by atoms with Gasteiger partial charge in [0.15, 0.2) is 0 Å². The number of ether oxygens (including phenoxy) is 1. The standard InChI is InChI=1S/C14H24N4O2/c1-13(2,3)20-12(19)18-10-11(16-17-15)9-14(18)7-5-4-6-8-14/h11H,4-10H2,1-3H3. The summed E-state index contributed by atoms with van der Waals surface area (Å²) in [6.45, 7) is 6.11. The second kappa shape index (κ2) is 5.52. The Morgan fingerprint density at radius 1 is 1.35 bits per heavy atom. The van der Waals surface area contributed by atoms with Gasteiger partial charge in [0.1, 0.15) is 5.60 Å². The van der Waals surface area contributed by atoms with Crippen molar-refractivity contribution in [2.75, 3.05) is 6.54 Å². The highest BCUT2D eigenvalue weighted by molar-refractivity contribution is 5.70. The third kappa shape index (κ3) is 3.18. The largest absolute Gasteiger partial charge is 0.444 e. The highest BCUT2D eigenvalue weighted by Gasteiger charge is 2.49. The van der Waals surface area contributed by atoms with Crippen LogP contribution in [-0.2, 0) is 4.74 Å². The lowest BCUT2D eigenvalue weighted by Gasteiger charge is -2.41. The molecular weight excluding hydrogens is 256 g/mol. The van der Waals surface area contributed by atoms with Crippen molar-refractivity contribution < 1.29 is 9.53 Å². The maximum Gasteiger partial charge on any atom is 0.410 e. The number of carbonyl (C=O) groups is 1. The van der Waals surface area contributed by atoms with Crippen LogP contribution >= 0.6 is 0 Å². The highest BCUT2D eigenvalue weighted by atomic mass is 16.6. The van der Waals surface area contributed by atoms with Gasteiger partial charge in [0.2, 0.25) is 0 Å². The SMILES string of the molecule is CC(C)(C)OC(=O)N1CC(N=[N+]=[N-])CC12CCCCC2. The average Bonchev–Trinajstić information content (AvgIpc) is 2.67. The maximum atomic E-state index is 12.5. The molecule has 0 aromatic rings. The van der Waals surface area contributed by atoms with E-state index in [0.717, 1.165) is 32.1 Å². The van der Waals surface area contributed by atoms with Crippen LogP contribution in [0.25, 0.3) is 10.4 Å². The van der Waals surface area contributed by atoms with Gasteiger partial charge in [0, 0.05) is 17.0 Å². The summed E-state index contributed by atoms with van der Waals surface area (Å²) in [5, 5.41) is 3.83. The monoisotopic (exact) mass is 280 g/mol. The zero-order valence-electron chi connectivity index (χ0n) is 12.6. The number of nitrogens with zero attached hydrogens (tertiary/aromatic N) is 4. The Labute approximate surface area is 120 Å². The van der Waals surface area contributed by atoms with Crippen LogP contribution in [0.4, 0.5) is 4.79 Å². The Bertz CT molecular complexity index is 417. The van der Waals surface area contributed by atoms with E-state index >= 15 is 0 Å². The fourth-order valence-electron chi connectivity index (χ4n) is 3.44. The molecule has 0 radical (unpaired) electrons. The van der Waals surface area contributed by atoms with E-state index in [1.165, 1.54) is 6.42 Å². The van der Waals surface area contributed by atoms with Gasteiger partial charge in [0.25, 0.3) is 0 Å². The fourth-order valence-corrected chi connectivity index (χ4v) is 3.44. The van der Waals surface area contributed by atoms with E-state index in [9.17, 15) is 4.79 Å². The molecule has 1 amide bonds. The maximum absolute atomic E-state index is 12.5. The average molecular weight is 280 g/mol. The van der Waals surface area contributed by atoms with Crippen molar-refractivity contribution in [2.24, 2.45) is 5.11 Å². The summed E-state index contributed by atoms with van der Waals surface area (Å²) in [5.74, 6) is 0. The Hall–Kier alpha value is -1.42. The van der Waals surface area contributed by atoms with Crippen LogP contribution in [0.1, 0.15) is 59.3 Å². The lowest BCUT2D eigenvalue weighted by molar-refractivity contribution is 0.000526. The minimum atomic E-state index is -0.497. The Morgan fingerprint density at radius 3 is 2.55 bits per heavy atom. The van der Waals surface area contributed by atoms with Crippen molar-refractivity contribution in [3.8, 4) is 0 Å². The number of carbonyl (C=O) groups excluding carboxylic acids is 1. The summed E-state index contributed by atoms with van der Waals surface area (Å²) in [4.78, 5) is 17.2. The molecule has 2 aliphatic rings. The van der Waals surface area contributed by atoms with Crippen molar-refractivity contribution in [3.05, 3.63) is 10.4 Å². The first-order chi connectivity index (χ1) is 9.36. The van der Waals surface area contributed by atoms with Gasteiger partial charge in [-0.2, -0.15) is 0 Å². The zero-order chi connectivity index (χ0) is 14.8. The summed E-state index contributed by atoms with van der Waals surface area (Å²) in [7, 11) is 0. The molecule has 2 fully saturated rings. The molecule has 0 aromatic carbocycles. The van der Waals surface area contributed by atoms with E-state index in [1.54, 1.807) is 0 Å². The smallest absolute Gasteiger partial charge is 0.410 e. The van der Waals surface area contributed by atoms with Crippen LogP contribution in [0.2, 0.25) is 0 Å². The normalized spacial score (nSPS) is 25.4. The van der Waals surface area contributed by atoms with E-state index in [0.29, 0.717) is 6.54 Å². The Balaban J connectivity index is 2.18. The van der Waals surface area contributed by atoms with E-state index in [4.69, 9.17) is 10.3 Å². The van der Waals surface area contributed by atoms with Gasteiger partial charge in [-0.25, -0.2) is 4.79 Å². The molecule has 1 saturated heterocycles. The molecule has 2 rings (SSSR count). The van der Waals surface area contributed by atoms with Crippen molar-refractivity contribution in [3.63, 3.8) is 0 Å². The quantitative estimate of drug-likeness (QED) is 0.413. The van der Waals surface area contributed by atoms with Crippen LogP contribution < -0.4 is 0 Å². The lowest BCUT2D eigenvalue weighted by Crippen LogP contribution is -2.50. The molecule has 0 bridgehead atoms. The minimum Gasteiger partial charge on any atom is -0.444 e. The molecule has 0 aromatic heterocycles. The summed E-state index contributed by atoms with van der Waals surface area (Å²) in [6, 6.07) is -0.120. The van der Waals surface area contributed by atoms with Gasteiger partial charge in [0.05, 0.1) is 6.04 Å². The van der Waals surface area contributed by atoms with E-state index < -0.39 is 5.60 Å². The van der Waals surface area contributed by atoms with Crippen LogP contribution in [0, 0.1) is 0 Å². The molecule has 1 aliphatic heterocycles. The fraction of sp³-hybridized carbons (Fsp3) is 0.929. The van der Waals surface area contributed by atoms with Crippen LogP contribution in [0.15, 0.2) is 5.11 Å². The number of likely N-dealkylation sites (tertiary alicyclic amines) is 1. The van der Waals surface area contributed by atoms with Crippen LogP contribution in [0.3, 0.4) is 0 Å². The summed E-state index contributed by atoms with van der Waals surface area (Å²) in [6.07, 6.45) is 5.96. The number of amides is 1. The molecular formula is C14H24N4O2. The van der Waals surface area contributed by atoms with Gasteiger partial charge in [-0.1, -0.05) is 24.4 Å². The van der Waals surface area contributed by atoms with Gasteiger partial charge in [-0.3, -0.25) is 0 Å². The van der Waals surface area contributed by atoms with Gasteiger partial charge in [-0.15, -0.1) is 0 Å². The second-order valence-corrected chi connectivity index (χ2v) is 6.94. The molecule has 112 valence electrons. The number of hydrogen-bond acceptors (Lipinski definition) is 3. The second-order valence-electron chi connectivity index (χ2n) is 6.94. The van der Waals surface area contributed by atoms with Crippen LogP contribution in [-0.4, -0.2) is 34.7 Å². The molecule has 1 aliphatic carbocycles. The third-order valence-electron chi connectivity index (χ3n) is 4.19. The summed E-state index contributed by atoms with van der Waals surface area (Å²) >= 11 is 0. The van der Waals surface area contributed by atoms with Crippen molar-refractivity contribution >= 4 is 6.09 Å². The first-order valence-electron chi connectivity index (χ1n) is 7.41. The van der Waals surface area contributed by atoms with E-state index in [1.807, 2.05) is 25.7 Å². The summed E-state index contributed by atoms with van der Waals surface area (Å²) < 4.78 is 5.53. The first kappa shape index (κ1) is 15.0. The predicted octanol–water partition coefficient (Wildman–Crippen LogP) is 4.01. The predicted molar refractivity (Wildman–Crippen MR) is 76.3 cm³/mol. The molecule has 1 spiro atoms. The molecule has 6 heteroatoms. The minimum absolute atomic E-state index is 0.120. The molecule has 0 N–H and O–H groups in total. The van der Waals surface area contributed by atoms with Crippen molar-refractivity contribution in [2.45, 2.75) is 76.5 Å². The highest BCUT2D eigenvalue weighted by Crippen LogP contribution is 2.43. The zero-order valence-corrected chi connectivity index (χ0v) is 12.6.